The summed E-state index contributed by atoms with van der Waals surface area (Å²) in [6.45, 7) is 0.497. The summed E-state index contributed by atoms with van der Waals surface area (Å²) >= 11 is 0. The number of benzene rings is 2. The molecule has 2 aromatic carbocycles. The molecule has 0 atom stereocenters. The zero-order chi connectivity index (χ0) is 16.4. The highest BCUT2D eigenvalue weighted by molar-refractivity contribution is 5.93. The van der Waals surface area contributed by atoms with Gasteiger partial charge in [0.25, 0.3) is 0 Å². The molecule has 118 valence electrons. The lowest BCUT2D eigenvalue weighted by Gasteiger charge is -2.10. The zero-order valence-electron chi connectivity index (χ0n) is 13.4. The van der Waals surface area contributed by atoms with Crippen LogP contribution < -0.4 is 9.47 Å². The van der Waals surface area contributed by atoms with E-state index in [-0.39, 0.29) is 0 Å². The Morgan fingerprint density at radius 1 is 1.04 bits per heavy atom. The molecule has 3 heteroatoms. The van der Waals surface area contributed by atoms with Crippen LogP contribution in [-0.4, -0.2) is 12.1 Å². The third kappa shape index (κ3) is 2.65. The first-order valence-corrected chi connectivity index (χ1v) is 7.87. The van der Waals surface area contributed by atoms with Crippen LogP contribution in [0.2, 0.25) is 0 Å². The Balaban J connectivity index is 1.95. The molecule has 24 heavy (non-hydrogen) atoms. The number of rotatable bonds is 2. The maximum Gasteiger partial charge on any atom is 0.146 e. The lowest BCUT2D eigenvalue weighted by atomic mass is 9.95. The number of ether oxygens (including phenoxy) is 2. The van der Waals surface area contributed by atoms with Crippen LogP contribution in [0.1, 0.15) is 22.4 Å². The Bertz CT molecular complexity index is 901. The van der Waals surface area contributed by atoms with Gasteiger partial charge in [-0.1, -0.05) is 36.4 Å². The van der Waals surface area contributed by atoms with E-state index in [1.165, 1.54) is 0 Å². The largest absolute Gasteiger partial charge is 0.497 e. The molecule has 0 amide bonds. The van der Waals surface area contributed by atoms with Crippen molar-refractivity contribution in [3.05, 3.63) is 89.2 Å². The lowest BCUT2D eigenvalue weighted by molar-refractivity contribution is 0.305. The number of pyridine rings is 1. The molecule has 0 saturated carbocycles. The second-order valence-electron chi connectivity index (χ2n) is 5.63. The van der Waals surface area contributed by atoms with Crippen LogP contribution in [0.25, 0.3) is 11.6 Å². The summed E-state index contributed by atoms with van der Waals surface area (Å²) in [7, 11) is 1.68. The van der Waals surface area contributed by atoms with Gasteiger partial charge in [0.15, 0.2) is 0 Å². The van der Waals surface area contributed by atoms with E-state index in [1.807, 2.05) is 42.5 Å². The van der Waals surface area contributed by atoms with Gasteiger partial charge in [-0.15, -0.1) is 0 Å². The predicted octanol–water partition coefficient (Wildman–Crippen LogP) is 4.57. The highest BCUT2D eigenvalue weighted by Crippen LogP contribution is 2.37. The van der Waals surface area contributed by atoms with Crippen LogP contribution in [0.3, 0.4) is 0 Å². The quantitative estimate of drug-likeness (QED) is 0.694. The second kappa shape index (κ2) is 6.20. The molecular weight excluding hydrogens is 298 g/mol. The van der Waals surface area contributed by atoms with Gasteiger partial charge in [-0.05, 0) is 41.5 Å². The number of nitrogens with zero attached hydrogens (tertiary/aromatic N) is 1. The number of methoxy groups -OCH3 is 1. The second-order valence-corrected chi connectivity index (χ2v) is 5.63. The molecule has 0 saturated heterocycles. The molecule has 3 aromatic rings. The summed E-state index contributed by atoms with van der Waals surface area (Å²) in [5.41, 5.74) is 5.27. The maximum atomic E-state index is 5.98. The third-order valence-electron chi connectivity index (χ3n) is 4.12. The fourth-order valence-electron chi connectivity index (χ4n) is 2.93. The Kier molecular flexibility index (Phi) is 3.75. The number of hydrogen-bond donors (Lipinski definition) is 0. The van der Waals surface area contributed by atoms with Gasteiger partial charge < -0.3 is 9.47 Å². The first-order chi connectivity index (χ1) is 11.8. The summed E-state index contributed by atoms with van der Waals surface area (Å²) in [6.07, 6.45) is 3.96. The summed E-state index contributed by atoms with van der Waals surface area (Å²) in [5.74, 6) is 1.63. The van der Waals surface area contributed by atoms with E-state index < -0.39 is 0 Å². The van der Waals surface area contributed by atoms with E-state index in [0.717, 1.165) is 39.5 Å². The average molecular weight is 315 g/mol. The van der Waals surface area contributed by atoms with Crippen molar-refractivity contribution in [3.8, 4) is 11.5 Å². The number of aromatic nitrogens is 1. The van der Waals surface area contributed by atoms with E-state index in [9.17, 15) is 0 Å². The van der Waals surface area contributed by atoms with E-state index in [0.29, 0.717) is 6.61 Å². The summed E-state index contributed by atoms with van der Waals surface area (Å²) < 4.78 is 11.3. The molecular formula is C21H17NO2. The van der Waals surface area contributed by atoms with Gasteiger partial charge in [-0.25, -0.2) is 0 Å². The third-order valence-corrected chi connectivity index (χ3v) is 4.12. The van der Waals surface area contributed by atoms with Gasteiger partial charge in [-0.3, -0.25) is 4.98 Å². The minimum atomic E-state index is 0.497. The van der Waals surface area contributed by atoms with Crippen molar-refractivity contribution in [2.45, 2.75) is 6.61 Å². The zero-order valence-corrected chi connectivity index (χ0v) is 13.4. The van der Waals surface area contributed by atoms with Crippen molar-refractivity contribution in [1.29, 1.82) is 0 Å². The highest BCUT2D eigenvalue weighted by atomic mass is 16.5. The van der Waals surface area contributed by atoms with Gasteiger partial charge in [0.1, 0.15) is 23.8 Å². The molecule has 1 aromatic heterocycles. The maximum absolute atomic E-state index is 5.98. The van der Waals surface area contributed by atoms with Crippen LogP contribution >= 0.6 is 0 Å². The first-order valence-electron chi connectivity index (χ1n) is 7.87. The van der Waals surface area contributed by atoms with Crippen LogP contribution in [-0.2, 0) is 6.61 Å². The molecule has 3 nitrogen and oxygen atoms in total. The molecule has 0 unspecified atom stereocenters. The van der Waals surface area contributed by atoms with Crippen LogP contribution in [0, 0.1) is 0 Å². The summed E-state index contributed by atoms with van der Waals surface area (Å²) in [5, 5.41) is 0. The minimum absolute atomic E-state index is 0.497. The predicted molar refractivity (Wildman–Crippen MR) is 95.0 cm³/mol. The highest BCUT2D eigenvalue weighted by Gasteiger charge is 2.20. The Morgan fingerprint density at radius 2 is 1.92 bits per heavy atom. The Hall–Kier alpha value is -3.07. The molecule has 0 N–H and O–H groups in total. The van der Waals surface area contributed by atoms with E-state index in [1.54, 1.807) is 13.3 Å². The van der Waals surface area contributed by atoms with Gasteiger partial charge in [0.05, 0.1) is 7.11 Å². The van der Waals surface area contributed by atoms with Crippen molar-refractivity contribution in [1.82, 2.24) is 4.98 Å². The Morgan fingerprint density at radius 3 is 2.75 bits per heavy atom. The molecule has 2 heterocycles. The van der Waals surface area contributed by atoms with Gasteiger partial charge in [0.2, 0.25) is 0 Å². The number of hydrogen-bond acceptors (Lipinski definition) is 3. The molecule has 0 aliphatic carbocycles. The molecule has 0 fully saturated rings. The van der Waals surface area contributed by atoms with Crippen molar-refractivity contribution in [2.24, 2.45) is 0 Å². The van der Waals surface area contributed by atoms with E-state index >= 15 is 0 Å². The van der Waals surface area contributed by atoms with Crippen molar-refractivity contribution in [3.63, 3.8) is 0 Å². The van der Waals surface area contributed by atoms with Crippen LogP contribution in [0.4, 0.5) is 0 Å². The SMILES string of the molecule is COc1ccc2c(c1)COc1cccnc1/C2=C/c1ccccc1. The van der Waals surface area contributed by atoms with Crippen LogP contribution in [0.15, 0.2) is 66.9 Å². The van der Waals surface area contributed by atoms with Gasteiger partial charge in [0, 0.05) is 17.3 Å². The Labute approximate surface area is 141 Å². The summed E-state index contributed by atoms with van der Waals surface area (Å²) in [4.78, 5) is 4.57. The van der Waals surface area contributed by atoms with Gasteiger partial charge in [-0.2, -0.15) is 0 Å². The van der Waals surface area contributed by atoms with Crippen molar-refractivity contribution in [2.75, 3.05) is 7.11 Å². The normalized spacial score (nSPS) is 14.3. The van der Waals surface area contributed by atoms with Crippen LogP contribution in [0.5, 0.6) is 11.5 Å². The lowest BCUT2D eigenvalue weighted by Crippen LogP contribution is -1.96. The molecule has 0 radical (unpaired) electrons. The minimum Gasteiger partial charge on any atom is -0.497 e. The van der Waals surface area contributed by atoms with E-state index in [4.69, 9.17) is 9.47 Å². The molecule has 4 rings (SSSR count). The fourth-order valence-corrected chi connectivity index (χ4v) is 2.93. The average Bonchev–Trinajstić information content (AvgIpc) is 2.80. The topological polar surface area (TPSA) is 31.4 Å². The van der Waals surface area contributed by atoms with Crippen molar-refractivity contribution < 1.29 is 9.47 Å². The van der Waals surface area contributed by atoms with Crippen molar-refractivity contribution >= 4 is 11.6 Å². The van der Waals surface area contributed by atoms with E-state index in [2.05, 4.69) is 29.3 Å². The molecule has 0 bridgehead atoms. The fraction of sp³-hybridized carbons (Fsp3) is 0.0952. The smallest absolute Gasteiger partial charge is 0.146 e. The molecule has 1 aliphatic heterocycles. The standard InChI is InChI=1S/C21H17NO2/c1-23-17-9-10-18-16(13-17)14-24-20-8-5-11-22-21(20)19(18)12-15-6-3-2-4-7-15/h2-13H,14H2,1H3/b19-12+. The monoisotopic (exact) mass is 315 g/mol. The first kappa shape index (κ1) is 14.5. The molecule has 1 aliphatic rings. The summed E-state index contributed by atoms with van der Waals surface area (Å²) in [6, 6.07) is 20.2. The number of fused-ring (bicyclic) bond motifs is 2. The van der Waals surface area contributed by atoms with Gasteiger partial charge >= 0.3 is 0 Å². The molecule has 0 spiro atoms.